The average Bonchev–Trinajstić information content (AvgIpc) is 3.40. The van der Waals surface area contributed by atoms with Crippen LogP contribution in [0.1, 0.15) is 37.6 Å². The van der Waals surface area contributed by atoms with Gasteiger partial charge in [0.2, 0.25) is 5.43 Å². The van der Waals surface area contributed by atoms with Crippen LogP contribution in [0.25, 0.3) is 21.1 Å². The number of ether oxygens (including phenoxy) is 1. The predicted octanol–water partition coefficient (Wildman–Crippen LogP) is 5.58. The van der Waals surface area contributed by atoms with Gasteiger partial charge in [-0.15, -0.1) is 11.3 Å². The zero-order chi connectivity index (χ0) is 28.0. The number of H-pyrrole nitrogens is 1. The lowest BCUT2D eigenvalue weighted by atomic mass is 10.1. The van der Waals surface area contributed by atoms with E-state index in [1.807, 2.05) is 29.8 Å². The fourth-order valence-corrected chi connectivity index (χ4v) is 7.16. The number of nitrogens with zero attached hydrogens (tertiary/aromatic N) is 2. The molecule has 0 aliphatic carbocycles. The van der Waals surface area contributed by atoms with Crippen molar-refractivity contribution in [3.63, 3.8) is 0 Å². The minimum absolute atomic E-state index is 0.161. The first-order valence-corrected chi connectivity index (χ1v) is 14.6. The summed E-state index contributed by atoms with van der Waals surface area (Å²) in [5, 5.41) is 4.78. The molecule has 1 aliphatic heterocycles. The quantitative estimate of drug-likeness (QED) is 0.277. The molecule has 40 heavy (non-hydrogen) atoms. The van der Waals surface area contributed by atoms with E-state index < -0.39 is 0 Å². The zero-order valence-electron chi connectivity index (χ0n) is 22.8. The first-order valence-electron chi connectivity index (χ1n) is 13.4. The number of aryl methyl sites for hydroxylation is 2. The van der Waals surface area contributed by atoms with Crippen LogP contribution in [0.15, 0.2) is 53.5 Å². The van der Waals surface area contributed by atoms with Gasteiger partial charge in [-0.1, -0.05) is 23.7 Å². The highest BCUT2D eigenvalue weighted by Gasteiger charge is 2.23. The van der Waals surface area contributed by atoms with Gasteiger partial charge in [-0.2, -0.15) is 0 Å². The Morgan fingerprint density at radius 2 is 1.93 bits per heavy atom. The molecule has 0 saturated carbocycles. The van der Waals surface area contributed by atoms with Crippen LogP contribution in [0.5, 0.6) is 5.75 Å². The Hall–Kier alpha value is -3.59. The third-order valence-corrected chi connectivity index (χ3v) is 9.39. The molecule has 0 unspecified atom stereocenters. The molecule has 0 atom stereocenters. The van der Waals surface area contributed by atoms with Crippen molar-refractivity contribution >= 4 is 50.0 Å². The second-order valence-corrected chi connectivity index (χ2v) is 11.9. The second-order valence-electron chi connectivity index (χ2n) is 10.4. The third kappa shape index (κ3) is 4.91. The smallest absolute Gasteiger partial charge is 0.257 e. The van der Waals surface area contributed by atoms with E-state index in [0.29, 0.717) is 16.3 Å². The molecule has 2 N–H and O–H groups in total. The molecule has 2 aromatic carbocycles. The third-order valence-electron chi connectivity index (χ3n) is 7.88. The molecule has 206 valence electrons. The number of thiophene rings is 1. The van der Waals surface area contributed by atoms with Crippen LogP contribution in [0.4, 0.5) is 0 Å². The van der Waals surface area contributed by atoms with E-state index in [-0.39, 0.29) is 16.9 Å². The fraction of sp³-hybridized carbons (Fsp3) is 0.290. The first kappa shape index (κ1) is 26.6. The summed E-state index contributed by atoms with van der Waals surface area (Å²) in [6.07, 6.45) is 3.56. The highest BCUT2D eigenvalue weighted by Crippen LogP contribution is 2.32. The molecular weight excluding hydrogens is 544 g/mol. The predicted molar refractivity (Wildman–Crippen MR) is 162 cm³/mol. The lowest BCUT2D eigenvalue weighted by Gasteiger charge is -2.19. The molecule has 1 aliphatic rings. The first-order chi connectivity index (χ1) is 19.3. The standard InChI is InChI=1S/C31H31ClN4O3S/c1-18-27(17-36-12-10-23-22-9-8-21(39-3)14-26(22)34-25(23)11-13-36)40-30-28(18)35(2)16-24(29(30)37)31(38)33-15-19-4-6-20(32)7-5-19/h4-9,14,16,34H,10-13,15,17H2,1-3H3,(H,33,38). The summed E-state index contributed by atoms with van der Waals surface area (Å²) in [7, 11) is 3.59. The molecule has 7 nitrogen and oxygen atoms in total. The normalized spacial score (nSPS) is 13.9. The number of hydrogen-bond donors (Lipinski definition) is 2. The van der Waals surface area contributed by atoms with Crippen LogP contribution in [-0.2, 0) is 33.0 Å². The summed E-state index contributed by atoms with van der Waals surface area (Å²) in [5.41, 5.74) is 6.68. The molecule has 9 heteroatoms. The highest BCUT2D eigenvalue weighted by molar-refractivity contribution is 7.19. The Bertz CT molecular complexity index is 1800. The van der Waals surface area contributed by atoms with Crippen LogP contribution in [-0.4, -0.2) is 40.6 Å². The summed E-state index contributed by atoms with van der Waals surface area (Å²) >= 11 is 7.47. The molecule has 0 radical (unpaired) electrons. The second kappa shape index (κ2) is 10.8. The van der Waals surface area contributed by atoms with E-state index in [1.165, 1.54) is 32.9 Å². The number of carbonyl (C=O) groups is 1. The minimum Gasteiger partial charge on any atom is -0.497 e. The molecular formula is C31H31ClN4O3S. The van der Waals surface area contributed by atoms with Gasteiger partial charge in [-0.25, -0.2) is 0 Å². The van der Waals surface area contributed by atoms with E-state index in [0.717, 1.165) is 60.4 Å². The maximum absolute atomic E-state index is 13.5. The van der Waals surface area contributed by atoms with Crippen LogP contribution < -0.4 is 15.5 Å². The summed E-state index contributed by atoms with van der Waals surface area (Å²) in [4.78, 5) is 33.7. The molecule has 6 rings (SSSR count). The molecule has 0 saturated heterocycles. The topological polar surface area (TPSA) is 79.4 Å². The van der Waals surface area contributed by atoms with Crippen molar-refractivity contribution in [1.29, 1.82) is 0 Å². The average molecular weight is 575 g/mol. The number of benzene rings is 2. The van der Waals surface area contributed by atoms with Gasteiger partial charge in [-0.05, 0) is 54.3 Å². The molecule has 3 aromatic heterocycles. The molecule has 0 bridgehead atoms. The van der Waals surface area contributed by atoms with Gasteiger partial charge in [0.1, 0.15) is 11.3 Å². The van der Waals surface area contributed by atoms with Crippen molar-refractivity contribution in [2.45, 2.75) is 32.9 Å². The van der Waals surface area contributed by atoms with E-state index in [2.05, 4.69) is 34.3 Å². The number of hydrogen-bond acceptors (Lipinski definition) is 5. The summed E-state index contributed by atoms with van der Waals surface area (Å²) < 4.78 is 7.94. The number of pyridine rings is 1. The lowest BCUT2D eigenvalue weighted by Crippen LogP contribution is -2.29. The van der Waals surface area contributed by atoms with Gasteiger partial charge >= 0.3 is 0 Å². The number of aromatic nitrogens is 2. The number of fused-ring (bicyclic) bond motifs is 4. The van der Waals surface area contributed by atoms with Crippen LogP contribution in [0.2, 0.25) is 5.02 Å². The number of methoxy groups -OCH3 is 1. The van der Waals surface area contributed by atoms with Crippen LogP contribution >= 0.6 is 22.9 Å². The minimum atomic E-state index is -0.372. The number of amides is 1. The van der Waals surface area contributed by atoms with Crippen molar-refractivity contribution in [1.82, 2.24) is 19.8 Å². The maximum Gasteiger partial charge on any atom is 0.257 e. The molecule has 0 spiro atoms. The van der Waals surface area contributed by atoms with Crippen molar-refractivity contribution in [3.05, 3.63) is 96.7 Å². The zero-order valence-corrected chi connectivity index (χ0v) is 24.3. The van der Waals surface area contributed by atoms with Crippen molar-refractivity contribution in [3.8, 4) is 5.75 Å². The molecule has 4 heterocycles. The Kier molecular flexibility index (Phi) is 7.16. The number of carbonyl (C=O) groups excluding carboxylic acids is 1. The van der Waals surface area contributed by atoms with Crippen molar-refractivity contribution in [2.75, 3.05) is 20.2 Å². The molecule has 1 amide bonds. The number of aromatic amines is 1. The summed E-state index contributed by atoms with van der Waals surface area (Å²) in [5.74, 6) is 0.488. The summed E-state index contributed by atoms with van der Waals surface area (Å²) in [6, 6.07) is 13.5. The maximum atomic E-state index is 13.5. The van der Waals surface area contributed by atoms with Gasteiger partial charge in [0.25, 0.3) is 5.91 Å². The van der Waals surface area contributed by atoms with Gasteiger partial charge < -0.3 is 19.6 Å². The van der Waals surface area contributed by atoms with Crippen LogP contribution in [0.3, 0.4) is 0 Å². The fourth-order valence-electron chi connectivity index (χ4n) is 5.69. The van der Waals surface area contributed by atoms with E-state index in [4.69, 9.17) is 16.3 Å². The number of rotatable bonds is 6. The monoisotopic (exact) mass is 574 g/mol. The van der Waals surface area contributed by atoms with Gasteiger partial charge in [0.15, 0.2) is 0 Å². The van der Waals surface area contributed by atoms with Gasteiger partial charge in [0.05, 0.1) is 17.3 Å². The van der Waals surface area contributed by atoms with Crippen molar-refractivity contribution < 1.29 is 9.53 Å². The van der Waals surface area contributed by atoms with Gasteiger partial charge in [-0.3, -0.25) is 14.5 Å². The van der Waals surface area contributed by atoms with Crippen LogP contribution in [0, 0.1) is 6.92 Å². The number of halogens is 1. The Labute approximate surface area is 241 Å². The lowest BCUT2D eigenvalue weighted by molar-refractivity contribution is 0.0949. The van der Waals surface area contributed by atoms with E-state index in [1.54, 1.807) is 25.4 Å². The largest absolute Gasteiger partial charge is 0.497 e. The Morgan fingerprint density at radius 1 is 1.15 bits per heavy atom. The van der Waals surface area contributed by atoms with Gasteiger partial charge in [0, 0.05) is 78.4 Å². The van der Waals surface area contributed by atoms with Crippen molar-refractivity contribution in [2.24, 2.45) is 7.05 Å². The van der Waals surface area contributed by atoms with E-state index >= 15 is 0 Å². The Balaban J connectivity index is 1.21. The molecule has 0 fully saturated rings. The number of nitrogens with one attached hydrogen (secondary N) is 2. The van der Waals surface area contributed by atoms with E-state index in [9.17, 15) is 9.59 Å². The Morgan fingerprint density at radius 3 is 2.70 bits per heavy atom. The SMILES string of the molecule is COc1ccc2c3c([nH]c2c1)CCN(Cc1sc2c(=O)c(C(=O)NCc4ccc(Cl)cc4)cn(C)c2c1C)CC3. The highest BCUT2D eigenvalue weighted by atomic mass is 35.5. The summed E-state index contributed by atoms with van der Waals surface area (Å²) in [6.45, 7) is 5.05. The molecule has 5 aromatic rings.